The van der Waals surface area contributed by atoms with Gasteiger partial charge >= 0.3 is 0 Å². The maximum absolute atomic E-state index is 14.2. The van der Waals surface area contributed by atoms with Gasteiger partial charge in [-0.3, -0.25) is 0 Å². The molecule has 0 spiro atoms. The van der Waals surface area contributed by atoms with Crippen molar-refractivity contribution in [3.05, 3.63) is 33.8 Å². The van der Waals surface area contributed by atoms with Crippen molar-refractivity contribution in [2.75, 3.05) is 13.1 Å². The highest BCUT2D eigenvalue weighted by atomic mass is 35.5. The van der Waals surface area contributed by atoms with Crippen molar-refractivity contribution < 1.29 is 4.39 Å². The fourth-order valence-corrected chi connectivity index (χ4v) is 2.32. The van der Waals surface area contributed by atoms with Gasteiger partial charge in [-0.15, -0.1) is 0 Å². The van der Waals surface area contributed by atoms with Gasteiger partial charge in [0, 0.05) is 22.2 Å². The molecule has 0 aliphatic carbocycles. The van der Waals surface area contributed by atoms with Crippen LogP contribution in [0.1, 0.15) is 12.0 Å². The summed E-state index contributed by atoms with van der Waals surface area (Å²) in [5, 5.41) is 3.93. The summed E-state index contributed by atoms with van der Waals surface area (Å²) >= 11 is 11.7. The van der Waals surface area contributed by atoms with Crippen LogP contribution in [0.15, 0.2) is 18.2 Å². The Labute approximate surface area is 92.2 Å². The molecule has 1 nitrogen and oxygen atoms in total. The summed E-state index contributed by atoms with van der Waals surface area (Å²) in [6, 6.07) is 4.91. The van der Waals surface area contributed by atoms with E-state index < -0.39 is 5.67 Å². The second kappa shape index (κ2) is 3.69. The molecule has 1 aliphatic heterocycles. The van der Waals surface area contributed by atoms with E-state index in [1.165, 1.54) is 0 Å². The zero-order valence-corrected chi connectivity index (χ0v) is 9.00. The molecular formula is C10H10Cl2FN. The van der Waals surface area contributed by atoms with E-state index in [4.69, 9.17) is 23.2 Å². The third-order valence-electron chi connectivity index (χ3n) is 2.52. The van der Waals surface area contributed by atoms with E-state index in [9.17, 15) is 4.39 Å². The van der Waals surface area contributed by atoms with Crippen molar-refractivity contribution in [3.8, 4) is 0 Å². The lowest BCUT2D eigenvalue weighted by molar-refractivity contribution is 0.193. The maximum Gasteiger partial charge on any atom is 0.151 e. The summed E-state index contributed by atoms with van der Waals surface area (Å²) in [7, 11) is 0. The largest absolute Gasteiger partial charge is 0.313 e. The molecule has 0 bridgehead atoms. The minimum Gasteiger partial charge on any atom is -0.313 e. The van der Waals surface area contributed by atoms with Gasteiger partial charge < -0.3 is 5.32 Å². The molecule has 1 aromatic rings. The number of benzene rings is 1. The lowest BCUT2D eigenvalue weighted by Crippen LogP contribution is -2.23. The first-order valence-electron chi connectivity index (χ1n) is 4.47. The Hall–Kier alpha value is -0.310. The molecule has 4 heteroatoms. The summed E-state index contributed by atoms with van der Waals surface area (Å²) in [6.07, 6.45) is 0.467. The monoisotopic (exact) mass is 233 g/mol. The standard InChI is InChI=1S/C10H10Cl2FN/c11-7-1-2-8(9(12)5-7)10(13)3-4-14-6-10/h1-2,5,14H,3-4,6H2. The van der Waals surface area contributed by atoms with E-state index in [-0.39, 0.29) is 0 Å². The lowest BCUT2D eigenvalue weighted by Gasteiger charge is -2.19. The van der Waals surface area contributed by atoms with Crippen LogP contribution < -0.4 is 5.32 Å². The second-order valence-electron chi connectivity index (χ2n) is 3.52. The van der Waals surface area contributed by atoms with E-state index in [1.54, 1.807) is 18.2 Å². The molecule has 0 saturated carbocycles. The molecule has 1 aromatic carbocycles. The summed E-state index contributed by atoms with van der Waals surface area (Å²) in [4.78, 5) is 0. The van der Waals surface area contributed by atoms with Crippen molar-refractivity contribution in [1.82, 2.24) is 5.32 Å². The van der Waals surface area contributed by atoms with Crippen LogP contribution >= 0.6 is 23.2 Å². The number of hydrogen-bond acceptors (Lipinski definition) is 1. The first-order valence-corrected chi connectivity index (χ1v) is 5.23. The average Bonchev–Trinajstić information content (AvgIpc) is 2.52. The fourth-order valence-electron chi connectivity index (χ4n) is 1.74. The summed E-state index contributed by atoms with van der Waals surface area (Å²) in [5.74, 6) is 0. The topological polar surface area (TPSA) is 12.0 Å². The minimum absolute atomic E-state index is 0.328. The molecule has 1 unspecified atom stereocenters. The predicted octanol–water partition coefficient (Wildman–Crippen LogP) is 3.15. The van der Waals surface area contributed by atoms with Crippen LogP contribution in [0.5, 0.6) is 0 Å². The van der Waals surface area contributed by atoms with Crippen LogP contribution in [0.4, 0.5) is 4.39 Å². The molecule has 1 N–H and O–H groups in total. The first-order chi connectivity index (χ1) is 6.62. The van der Waals surface area contributed by atoms with Crippen LogP contribution in [-0.4, -0.2) is 13.1 Å². The van der Waals surface area contributed by atoms with Crippen molar-refractivity contribution in [3.63, 3.8) is 0 Å². The highest BCUT2D eigenvalue weighted by molar-refractivity contribution is 6.35. The van der Waals surface area contributed by atoms with Gasteiger partial charge in [-0.2, -0.15) is 0 Å². The predicted molar refractivity (Wildman–Crippen MR) is 56.7 cm³/mol. The van der Waals surface area contributed by atoms with Crippen LogP contribution in [0.2, 0.25) is 10.0 Å². The van der Waals surface area contributed by atoms with Crippen molar-refractivity contribution in [1.29, 1.82) is 0 Å². The smallest absolute Gasteiger partial charge is 0.151 e. The summed E-state index contributed by atoms with van der Waals surface area (Å²) in [5.41, 5.74) is -0.796. The molecule has 0 aromatic heterocycles. The molecule has 1 fully saturated rings. The third kappa shape index (κ3) is 1.74. The Morgan fingerprint density at radius 3 is 2.71 bits per heavy atom. The zero-order valence-electron chi connectivity index (χ0n) is 7.49. The Bertz CT molecular complexity index is 348. The molecule has 1 atom stereocenters. The number of rotatable bonds is 1. The van der Waals surface area contributed by atoms with Crippen molar-refractivity contribution in [2.45, 2.75) is 12.1 Å². The van der Waals surface area contributed by atoms with Gasteiger partial charge in [0.2, 0.25) is 0 Å². The van der Waals surface area contributed by atoms with Gasteiger partial charge in [-0.1, -0.05) is 29.3 Å². The number of nitrogens with one attached hydrogen (secondary N) is 1. The van der Waals surface area contributed by atoms with Crippen LogP contribution in [-0.2, 0) is 5.67 Å². The Kier molecular flexibility index (Phi) is 2.69. The van der Waals surface area contributed by atoms with Gasteiger partial charge in [0.1, 0.15) is 0 Å². The molecule has 14 heavy (non-hydrogen) atoms. The SMILES string of the molecule is FC1(c2ccc(Cl)cc2Cl)CCNC1. The summed E-state index contributed by atoms with van der Waals surface area (Å²) < 4.78 is 14.2. The van der Waals surface area contributed by atoms with Gasteiger partial charge in [-0.25, -0.2) is 4.39 Å². The fraction of sp³-hybridized carbons (Fsp3) is 0.400. The Balaban J connectivity index is 2.40. The van der Waals surface area contributed by atoms with Gasteiger partial charge in [0.25, 0.3) is 0 Å². The van der Waals surface area contributed by atoms with Crippen molar-refractivity contribution >= 4 is 23.2 Å². The minimum atomic E-state index is -1.33. The van der Waals surface area contributed by atoms with Crippen LogP contribution in [0, 0.1) is 0 Å². The molecular weight excluding hydrogens is 224 g/mol. The van der Waals surface area contributed by atoms with E-state index in [0.717, 1.165) is 0 Å². The molecule has 0 radical (unpaired) electrons. The third-order valence-corrected chi connectivity index (χ3v) is 3.06. The summed E-state index contributed by atoms with van der Waals surface area (Å²) in [6.45, 7) is 1.02. The quantitative estimate of drug-likeness (QED) is 0.786. The van der Waals surface area contributed by atoms with Gasteiger partial charge in [-0.05, 0) is 25.1 Å². The molecule has 1 heterocycles. The maximum atomic E-state index is 14.2. The molecule has 76 valence electrons. The molecule has 0 amide bonds. The van der Waals surface area contributed by atoms with Gasteiger partial charge in [0.15, 0.2) is 5.67 Å². The van der Waals surface area contributed by atoms with Crippen LogP contribution in [0.25, 0.3) is 0 Å². The zero-order chi connectivity index (χ0) is 10.2. The van der Waals surface area contributed by atoms with Crippen LogP contribution in [0.3, 0.4) is 0 Å². The highest BCUT2D eigenvalue weighted by Crippen LogP contribution is 2.37. The number of halogens is 3. The van der Waals surface area contributed by atoms with E-state index in [2.05, 4.69) is 5.32 Å². The second-order valence-corrected chi connectivity index (χ2v) is 4.36. The normalized spacial score (nSPS) is 26.8. The number of hydrogen-bond donors (Lipinski definition) is 1. The van der Waals surface area contributed by atoms with Gasteiger partial charge in [0.05, 0.1) is 0 Å². The van der Waals surface area contributed by atoms with E-state index >= 15 is 0 Å². The average molecular weight is 234 g/mol. The highest BCUT2D eigenvalue weighted by Gasteiger charge is 2.37. The Morgan fingerprint density at radius 2 is 2.14 bits per heavy atom. The number of alkyl halides is 1. The van der Waals surface area contributed by atoms with E-state index in [1.807, 2.05) is 0 Å². The molecule has 2 rings (SSSR count). The van der Waals surface area contributed by atoms with E-state index in [0.29, 0.717) is 35.1 Å². The first kappa shape index (κ1) is 10.2. The lowest BCUT2D eigenvalue weighted by atomic mass is 9.95. The van der Waals surface area contributed by atoms with Crippen molar-refractivity contribution in [2.24, 2.45) is 0 Å². The molecule has 1 saturated heterocycles. The molecule has 1 aliphatic rings. The Morgan fingerprint density at radius 1 is 1.36 bits per heavy atom.